The molecule has 0 amide bonds. The second kappa shape index (κ2) is 9.26. The molecule has 0 aliphatic rings. The Morgan fingerprint density at radius 3 is 2.07 bits per heavy atom. The van der Waals surface area contributed by atoms with Crippen molar-refractivity contribution in [2.24, 2.45) is 0 Å². The number of benzene rings is 3. The van der Waals surface area contributed by atoms with Crippen LogP contribution < -0.4 is 9.47 Å². The molecule has 0 N–H and O–H groups in total. The number of Topliss-reactive ketones (excluding diaryl/α,β-unsaturated/α-hetero) is 1. The molecule has 0 aliphatic carbocycles. The first kappa shape index (κ1) is 20.4. The molecule has 148 valence electrons. The van der Waals surface area contributed by atoms with Gasteiger partial charge in [-0.2, -0.15) is 0 Å². The Kier molecular flexibility index (Phi) is 6.52. The molecule has 0 aliphatic heterocycles. The first-order valence-electron chi connectivity index (χ1n) is 8.81. The molecule has 0 spiro atoms. The first-order chi connectivity index (χ1) is 14.0. The maximum absolute atomic E-state index is 13.1. The topological polar surface area (TPSA) is 61.8 Å². The number of rotatable bonds is 7. The number of hydrogen-bond acceptors (Lipinski definition) is 5. The quantitative estimate of drug-likeness (QED) is 0.398. The van der Waals surface area contributed by atoms with E-state index in [0.29, 0.717) is 27.6 Å². The lowest BCUT2D eigenvalue weighted by Gasteiger charge is -2.18. The Bertz CT molecular complexity index is 1000. The van der Waals surface area contributed by atoms with Gasteiger partial charge in [0.15, 0.2) is 17.6 Å². The van der Waals surface area contributed by atoms with Crippen molar-refractivity contribution in [2.75, 3.05) is 14.2 Å². The lowest BCUT2D eigenvalue weighted by atomic mass is 9.99. The van der Waals surface area contributed by atoms with Crippen LogP contribution in [0.25, 0.3) is 0 Å². The number of methoxy groups -OCH3 is 2. The number of hydrogen-bond donors (Lipinski definition) is 0. The molecule has 0 unspecified atom stereocenters. The predicted octanol–water partition coefficient (Wildman–Crippen LogP) is 5.14. The van der Waals surface area contributed by atoms with Crippen LogP contribution in [-0.4, -0.2) is 26.0 Å². The fourth-order valence-electron chi connectivity index (χ4n) is 2.80. The smallest absolute Gasteiger partial charge is 0.339 e. The molecular weight excluding hydrogens is 392 g/mol. The van der Waals surface area contributed by atoms with Gasteiger partial charge in [0.05, 0.1) is 19.8 Å². The summed E-state index contributed by atoms with van der Waals surface area (Å²) in [4.78, 5) is 25.9. The van der Waals surface area contributed by atoms with Crippen molar-refractivity contribution in [3.63, 3.8) is 0 Å². The summed E-state index contributed by atoms with van der Waals surface area (Å²) in [5, 5.41) is 0.519. The molecule has 3 aromatic carbocycles. The molecular formula is C23H19ClO5. The maximum Gasteiger partial charge on any atom is 0.339 e. The average molecular weight is 411 g/mol. The van der Waals surface area contributed by atoms with Crippen molar-refractivity contribution in [1.82, 2.24) is 0 Å². The van der Waals surface area contributed by atoms with Crippen LogP contribution in [0.3, 0.4) is 0 Å². The summed E-state index contributed by atoms with van der Waals surface area (Å²) in [5.74, 6) is -0.116. The van der Waals surface area contributed by atoms with Gasteiger partial charge in [-0.15, -0.1) is 0 Å². The summed E-state index contributed by atoms with van der Waals surface area (Å²) in [6.45, 7) is 0. The van der Waals surface area contributed by atoms with Crippen LogP contribution in [0.15, 0.2) is 72.8 Å². The van der Waals surface area contributed by atoms with E-state index in [9.17, 15) is 9.59 Å². The first-order valence-corrected chi connectivity index (χ1v) is 9.19. The number of ether oxygens (including phenoxy) is 3. The molecule has 6 heteroatoms. The van der Waals surface area contributed by atoms with Gasteiger partial charge in [0.25, 0.3) is 0 Å². The summed E-state index contributed by atoms with van der Waals surface area (Å²) in [5.41, 5.74) is 1.20. The number of esters is 1. The minimum Gasteiger partial charge on any atom is -0.493 e. The van der Waals surface area contributed by atoms with Crippen LogP contribution in [0.2, 0.25) is 5.02 Å². The Labute approximate surface area is 173 Å². The molecule has 0 aromatic heterocycles. The van der Waals surface area contributed by atoms with Gasteiger partial charge >= 0.3 is 5.97 Å². The zero-order valence-electron chi connectivity index (χ0n) is 15.9. The standard InChI is InChI=1S/C23H19ClO5/c1-27-19-13-10-17(14-20(19)28-2)23(26)29-22(16-8-11-18(24)12-9-16)21(25)15-6-4-3-5-7-15/h3-14,22H,1-2H3/t22-/m1/s1. The minimum atomic E-state index is -1.12. The van der Waals surface area contributed by atoms with Crippen LogP contribution in [0.5, 0.6) is 11.5 Å². The highest BCUT2D eigenvalue weighted by Gasteiger charge is 2.27. The van der Waals surface area contributed by atoms with Crippen LogP contribution >= 0.6 is 11.6 Å². The summed E-state index contributed by atoms with van der Waals surface area (Å²) in [6, 6.07) is 19.9. The zero-order chi connectivity index (χ0) is 20.8. The molecule has 29 heavy (non-hydrogen) atoms. The maximum atomic E-state index is 13.1. The number of carbonyl (C=O) groups is 2. The fourth-order valence-corrected chi connectivity index (χ4v) is 2.93. The van der Waals surface area contributed by atoms with Gasteiger partial charge in [0, 0.05) is 16.1 Å². The minimum absolute atomic E-state index is 0.238. The van der Waals surface area contributed by atoms with Crippen molar-refractivity contribution >= 4 is 23.4 Å². The molecule has 0 radical (unpaired) electrons. The summed E-state index contributed by atoms with van der Waals surface area (Å²) in [6.07, 6.45) is -1.12. The molecule has 3 rings (SSSR count). The second-order valence-corrected chi connectivity index (χ2v) is 6.57. The van der Waals surface area contributed by atoms with E-state index in [0.717, 1.165) is 0 Å². The van der Waals surface area contributed by atoms with E-state index in [1.807, 2.05) is 6.07 Å². The predicted molar refractivity (Wildman–Crippen MR) is 110 cm³/mol. The third-order valence-corrected chi connectivity index (χ3v) is 4.57. The number of ketones is 1. The zero-order valence-corrected chi connectivity index (χ0v) is 16.7. The van der Waals surface area contributed by atoms with Crippen LogP contribution in [-0.2, 0) is 4.74 Å². The van der Waals surface area contributed by atoms with E-state index in [1.54, 1.807) is 60.7 Å². The van der Waals surface area contributed by atoms with Gasteiger partial charge in [0.2, 0.25) is 5.78 Å². The van der Waals surface area contributed by atoms with Gasteiger partial charge in [-0.3, -0.25) is 4.79 Å². The Morgan fingerprint density at radius 1 is 0.793 bits per heavy atom. The van der Waals surface area contributed by atoms with E-state index in [-0.39, 0.29) is 11.3 Å². The second-order valence-electron chi connectivity index (χ2n) is 6.14. The summed E-state index contributed by atoms with van der Waals surface area (Å²) in [7, 11) is 2.98. The summed E-state index contributed by atoms with van der Waals surface area (Å²) < 4.78 is 16.0. The summed E-state index contributed by atoms with van der Waals surface area (Å²) >= 11 is 5.96. The van der Waals surface area contributed by atoms with Crippen LogP contribution in [0.4, 0.5) is 0 Å². The highest BCUT2D eigenvalue weighted by atomic mass is 35.5. The highest BCUT2D eigenvalue weighted by Crippen LogP contribution is 2.30. The van der Waals surface area contributed by atoms with Crippen molar-refractivity contribution in [1.29, 1.82) is 0 Å². The molecule has 0 saturated heterocycles. The highest BCUT2D eigenvalue weighted by molar-refractivity contribution is 6.30. The third-order valence-electron chi connectivity index (χ3n) is 4.31. The molecule has 3 aromatic rings. The van der Waals surface area contributed by atoms with Crippen LogP contribution in [0.1, 0.15) is 32.4 Å². The molecule has 0 bridgehead atoms. The lowest BCUT2D eigenvalue weighted by molar-refractivity contribution is 0.0279. The van der Waals surface area contributed by atoms with E-state index < -0.39 is 12.1 Å². The normalized spacial score (nSPS) is 11.4. The fraction of sp³-hybridized carbons (Fsp3) is 0.130. The molecule has 0 saturated carbocycles. The SMILES string of the molecule is COc1ccc(C(=O)O[C@@H](C(=O)c2ccccc2)c2ccc(Cl)cc2)cc1OC. The third kappa shape index (κ3) is 4.76. The van der Waals surface area contributed by atoms with Crippen molar-refractivity contribution in [2.45, 2.75) is 6.10 Å². The Hall–Kier alpha value is -3.31. The van der Waals surface area contributed by atoms with E-state index in [4.69, 9.17) is 25.8 Å². The lowest BCUT2D eigenvalue weighted by Crippen LogP contribution is -2.20. The van der Waals surface area contributed by atoms with E-state index in [2.05, 4.69) is 0 Å². The number of halogens is 1. The molecule has 0 heterocycles. The Morgan fingerprint density at radius 2 is 1.45 bits per heavy atom. The van der Waals surface area contributed by atoms with E-state index in [1.165, 1.54) is 20.3 Å². The van der Waals surface area contributed by atoms with Crippen molar-refractivity contribution in [3.8, 4) is 11.5 Å². The van der Waals surface area contributed by atoms with Crippen molar-refractivity contribution < 1.29 is 23.8 Å². The molecule has 1 atom stereocenters. The van der Waals surface area contributed by atoms with Crippen molar-refractivity contribution in [3.05, 3.63) is 94.5 Å². The molecule has 0 fully saturated rings. The van der Waals surface area contributed by atoms with Gasteiger partial charge in [-0.1, -0.05) is 54.1 Å². The monoisotopic (exact) mass is 410 g/mol. The van der Waals surface area contributed by atoms with Gasteiger partial charge in [-0.25, -0.2) is 4.79 Å². The average Bonchev–Trinajstić information content (AvgIpc) is 2.77. The van der Waals surface area contributed by atoms with Crippen LogP contribution in [0, 0.1) is 0 Å². The largest absolute Gasteiger partial charge is 0.493 e. The van der Waals surface area contributed by atoms with Gasteiger partial charge in [0.1, 0.15) is 0 Å². The van der Waals surface area contributed by atoms with E-state index >= 15 is 0 Å². The van der Waals surface area contributed by atoms with Gasteiger partial charge < -0.3 is 14.2 Å². The Balaban J connectivity index is 1.93. The molecule has 5 nitrogen and oxygen atoms in total. The van der Waals surface area contributed by atoms with Gasteiger partial charge in [-0.05, 0) is 30.3 Å². The number of carbonyl (C=O) groups excluding carboxylic acids is 2.